The Bertz CT molecular complexity index is 690. The summed E-state index contributed by atoms with van der Waals surface area (Å²) in [5, 5.41) is 3.37. The molecule has 1 unspecified atom stereocenters. The summed E-state index contributed by atoms with van der Waals surface area (Å²) in [6, 6.07) is 10.2. The molecule has 0 spiro atoms. The second-order valence-electron chi connectivity index (χ2n) is 5.90. The van der Waals surface area contributed by atoms with E-state index in [2.05, 4.69) is 37.3 Å². The third-order valence-corrected chi connectivity index (χ3v) is 4.13. The number of nitrogens with zero attached hydrogens (tertiary/aromatic N) is 3. The highest BCUT2D eigenvalue weighted by Gasteiger charge is 2.22. The van der Waals surface area contributed by atoms with Crippen molar-refractivity contribution in [2.45, 2.75) is 12.6 Å². The molecule has 1 saturated heterocycles. The first-order valence-electron chi connectivity index (χ1n) is 8.45. The van der Waals surface area contributed by atoms with E-state index in [-0.39, 0.29) is 30.1 Å². The highest BCUT2D eigenvalue weighted by Crippen LogP contribution is 2.16. The molecule has 7 nitrogen and oxygen atoms in total. The van der Waals surface area contributed by atoms with Crippen LogP contribution in [0.4, 0.5) is 0 Å². The number of H-pyrrole nitrogens is 1. The lowest BCUT2D eigenvalue weighted by Crippen LogP contribution is -2.51. The molecule has 0 saturated carbocycles. The number of rotatable bonds is 5. The van der Waals surface area contributed by atoms with Crippen molar-refractivity contribution in [2.24, 2.45) is 4.99 Å². The third kappa shape index (κ3) is 5.42. The molecule has 1 aromatic carbocycles. The lowest BCUT2D eigenvalue weighted by molar-refractivity contribution is -0.0447. The molecule has 1 aliphatic rings. The summed E-state index contributed by atoms with van der Waals surface area (Å²) >= 11 is 0. The Balaban J connectivity index is 0.00000243. The zero-order valence-corrected chi connectivity index (χ0v) is 17.5. The van der Waals surface area contributed by atoms with Gasteiger partial charge in [-0.25, -0.2) is 4.98 Å². The Morgan fingerprint density at radius 3 is 2.96 bits per heavy atom. The van der Waals surface area contributed by atoms with Gasteiger partial charge >= 0.3 is 0 Å². The van der Waals surface area contributed by atoms with Gasteiger partial charge in [0.05, 0.1) is 37.8 Å². The summed E-state index contributed by atoms with van der Waals surface area (Å²) < 4.78 is 10.9. The van der Waals surface area contributed by atoms with Crippen LogP contribution in [0.1, 0.15) is 5.82 Å². The molecular weight excluding hydrogens is 445 g/mol. The van der Waals surface area contributed by atoms with Crippen LogP contribution >= 0.6 is 24.0 Å². The van der Waals surface area contributed by atoms with E-state index in [1.807, 2.05) is 24.4 Å². The number of aromatic amines is 1. The Kier molecular flexibility index (Phi) is 8.33. The van der Waals surface area contributed by atoms with Crippen molar-refractivity contribution >= 4 is 29.9 Å². The van der Waals surface area contributed by atoms with Crippen LogP contribution in [0.2, 0.25) is 0 Å². The number of morpholine rings is 1. The van der Waals surface area contributed by atoms with Crippen molar-refractivity contribution in [1.82, 2.24) is 20.2 Å². The Labute approximate surface area is 171 Å². The van der Waals surface area contributed by atoms with Crippen LogP contribution < -0.4 is 5.32 Å². The van der Waals surface area contributed by atoms with Crippen molar-refractivity contribution in [3.8, 4) is 11.3 Å². The van der Waals surface area contributed by atoms with Gasteiger partial charge in [-0.1, -0.05) is 30.3 Å². The van der Waals surface area contributed by atoms with Crippen LogP contribution in [0.15, 0.2) is 41.5 Å². The molecule has 0 amide bonds. The number of benzene rings is 1. The quantitative estimate of drug-likeness (QED) is 0.397. The maximum atomic E-state index is 5.69. The smallest absolute Gasteiger partial charge is 0.194 e. The second kappa shape index (κ2) is 10.5. The Hall–Kier alpha value is -1.65. The summed E-state index contributed by atoms with van der Waals surface area (Å²) in [5.41, 5.74) is 2.14. The summed E-state index contributed by atoms with van der Waals surface area (Å²) in [7, 11) is 3.48. The second-order valence-corrected chi connectivity index (χ2v) is 5.90. The van der Waals surface area contributed by atoms with E-state index in [1.54, 1.807) is 14.2 Å². The standard InChI is InChI=1S/C18H25N5O2.HI/c1-19-18(23-8-9-25-15(12-23)13-24-2)21-11-17-20-10-16(22-17)14-6-4-3-5-7-14;/h3-7,10,15H,8-9,11-13H2,1-2H3,(H,19,21)(H,20,22);1H. The molecule has 1 aromatic heterocycles. The van der Waals surface area contributed by atoms with Gasteiger partial charge in [-0.05, 0) is 5.56 Å². The fourth-order valence-electron chi connectivity index (χ4n) is 2.91. The molecule has 26 heavy (non-hydrogen) atoms. The number of hydrogen-bond acceptors (Lipinski definition) is 4. The number of aliphatic imine (C=N–C) groups is 1. The normalized spacial score (nSPS) is 17.7. The maximum absolute atomic E-state index is 5.69. The van der Waals surface area contributed by atoms with Crippen molar-refractivity contribution in [3.63, 3.8) is 0 Å². The third-order valence-electron chi connectivity index (χ3n) is 4.13. The molecule has 8 heteroatoms. The monoisotopic (exact) mass is 471 g/mol. The van der Waals surface area contributed by atoms with Crippen molar-refractivity contribution in [3.05, 3.63) is 42.4 Å². The Morgan fingerprint density at radius 1 is 1.42 bits per heavy atom. The van der Waals surface area contributed by atoms with Crippen LogP contribution in [0.5, 0.6) is 0 Å². The molecule has 0 bridgehead atoms. The van der Waals surface area contributed by atoms with E-state index < -0.39 is 0 Å². The minimum atomic E-state index is 0. The first-order valence-corrected chi connectivity index (χ1v) is 8.45. The van der Waals surface area contributed by atoms with Crippen LogP contribution in [-0.2, 0) is 16.0 Å². The first kappa shape index (κ1) is 20.7. The van der Waals surface area contributed by atoms with Gasteiger partial charge < -0.3 is 24.7 Å². The van der Waals surface area contributed by atoms with E-state index in [0.29, 0.717) is 19.8 Å². The van der Waals surface area contributed by atoms with Gasteiger partial charge in [0.1, 0.15) is 5.82 Å². The van der Waals surface area contributed by atoms with Gasteiger partial charge in [0.25, 0.3) is 0 Å². The Morgan fingerprint density at radius 2 is 2.23 bits per heavy atom. The van der Waals surface area contributed by atoms with Crippen molar-refractivity contribution in [1.29, 1.82) is 0 Å². The molecule has 1 atom stereocenters. The average molecular weight is 471 g/mol. The van der Waals surface area contributed by atoms with E-state index in [1.165, 1.54) is 0 Å². The van der Waals surface area contributed by atoms with Crippen LogP contribution in [0.3, 0.4) is 0 Å². The fraction of sp³-hybridized carbons (Fsp3) is 0.444. The number of methoxy groups -OCH3 is 1. The fourth-order valence-corrected chi connectivity index (χ4v) is 2.91. The summed E-state index contributed by atoms with van der Waals surface area (Å²) in [6.45, 7) is 3.43. The van der Waals surface area contributed by atoms with Gasteiger partial charge in [-0.3, -0.25) is 4.99 Å². The number of ether oxygens (including phenoxy) is 2. The lowest BCUT2D eigenvalue weighted by Gasteiger charge is -2.34. The molecule has 2 heterocycles. The van der Waals surface area contributed by atoms with E-state index in [0.717, 1.165) is 36.1 Å². The van der Waals surface area contributed by atoms with Crippen LogP contribution in [0.25, 0.3) is 11.3 Å². The molecule has 2 aromatic rings. The van der Waals surface area contributed by atoms with Gasteiger partial charge in [-0.15, -0.1) is 24.0 Å². The van der Waals surface area contributed by atoms with Gasteiger partial charge in [-0.2, -0.15) is 0 Å². The molecule has 0 radical (unpaired) electrons. The highest BCUT2D eigenvalue weighted by molar-refractivity contribution is 14.0. The van der Waals surface area contributed by atoms with Gasteiger partial charge in [0.15, 0.2) is 5.96 Å². The summed E-state index contributed by atoms with van der Waals surface area (Å²) in [5.74, 6) is 1.73. The largest absolute Gasteiger partial charge is 0.382 e. The number of hydrogen-bond donors (Lipinski definition) is 2. The minimum absolute atomic E-state index is 0. The van der Waals surface area contributed by atoms with E-state index in [4.69, 9.17) is 9.47 Å². The summed E-state index contributed by atoms with van der Waals surface area (Å²) in [4.78, 5) is 14.4. The molecule has 1 fully saturated rings. The van der Waals surface area contributed by atoms with E-state index >= 15 is 0 Å². The number of guanidine groups is 1. The highest BCUT2D eigenvalue weighted by atomic mass is 127. The topological polar surface area (TPSA) is 74.8 Å². The average Bonchev–Trinajstić information content (AvgIpc) is 3.13. The predicted octanol–water partition coefficient (Wildman–Crippen LogP) is 2.12. The van der Waals surface area contributed by atoms with Crippen LogP contribution in [0, 0.1) is 0 Å². The number of aromatic nitrogens is 2. The molecule has 0 aliphatic carbocycles. The molecular formula is C18H26IN5O2. The zero-order valence-electron chi connectivity index (χ0n) is 15.1. The van der Waals surface area contributed by atoms with E-state index in [9.17, 15) is 0 Å². The summed E-state index contributed by atoms with van der Waals surface area (Å²) in [6.07, 6.45) is 1.93. The van der Waals surface area contributed by atoms with Gasteiger partial charge in [0.2, 0.25) is 0 Å². The zero-order chi connectivity index (χ0) is 17.5. The van der Waals surface area contributed by atoms with Crippen molar-refractivity contribution in [2.75, 3.05) is 40.5 Å². The molecule has 142 valence electrons. The SMILES string of the molecule is CN=C(NCc1ncc(-c2ccccc2)[nH]1)N1CCOC(COC)C1.I. The molecule has 2 N–H and O–H groups in total. The van der Waals surface area contributed by atoms with Crippen molar-refractivity contribution < 1.29 is 9.47 Å². The number of imidazole rings is 1. The van der Waals surface area contributed by atoms with Crippen LogP contribution in [-0.4, -0.2) is 67.4 Å². The maximum Gasteiger partial charge on any atom is 0.194 e. The number of nitrogens with one attached hydrogen (secondary N) is 2. The molecule has 3 rings (SSSR count). The predicted molar refractivity (Wildman–Crippen MR) is 113 cm³/mol. The first-order chi connectivity index (χ1) is 12.3. The van der Waals surface area contributed by atoms with Gasteiger partial charge in [0, 0.05) is 27.2 Å². The lowest BCUT2D eigenvalue weighted by atomic mass is 10.2. The molecule has 1 aliphatic heterocycles. The minimum Gasteiger partial charge on any atom is -0.382 e. The number of halogens is 1.